The molecule has 27 heavy (non-hydrogen) atoms. The fourth-order valence-corrected chi connectivity index (χ4v) is 5.11. The van der Waals surface area contributed by atoms with Crippen molar-refractivity contribution >= 4 is 5.91 Å². The van der Waals surface area contributed by atoms with Gasteiger partial charge < -0.3 is 9.64 Å². The van der Waals surface area contributed by atoms with Crippen molar-refractivity contribution in [2.75, 3.05) is 20.3 Å². The monoisotopic (exact) mass is 364 g/mol. The summed E-state index contributed by atoms with van der Waals surface area (Å²) in [7, 11) is 1.69. The first-order valence-corrected chi connectivity index (χ1v) is 9.95. The summed E-state index contributed by atoms with van der Waals surface area (Å²) in [6.07, 6.45) is 9.38. The first-order valence-electron chi connectivity index (χ1n) is 9.95. The maximum atomic E-state index is 14.0. The van der Waals surface area contributed by atoms with Crippen LogP contribution < -0.4 is 0 Å². The Kier molecular flexibility index (Phi) is 5.00. The molecule has 0 radical (unpaired) electrons. The third-order valence-electron chi connectivity index (χ3n) is 6.55. The molecule has 0 N–H and O–H groups in total. The number of pyridine rings is 1. The zero-order valence-electron chi connectivity index (χ0n) is 16.1. The van der Waals surface area contributed by atoms with E-state index in [1.54, 1.807) is 19.5 Å². The molecule has 1 amide bonds. The third kappa shape index (κ3) is 3.16. The molecule has 2 fully saturated rings. The summed E-state index contributed by atoms with van der Waals surface area (Å²) in [5, 5.41) is 0. The van der Waals surface area contributed by atoms with Crippen LogP contribution in [-0.2, 0) is 21.5 Å². The lowest BCUT2D eigenvalue weighted by Gasteiger charge is -2.31. The van der Waals surface area contributed by atoms with E-state index in [1.165, 1.54) is 31.2 Å². The Balaban J connectivity index is 1.66. The number of hydrogen-bond donors (Lipinski definition) is 0. The molecule has 1 spiro atoms. The number of rotatable bonds is 7. The van der Waals surface area contributed by atoms with Crippen LogP contribution in [0.5, 0.6) is 0 Å². The number of carbonyl (C=O) groups is 1. The molecule has 0 unspecified atom stereocenters. The smallest absolute Gasteiger partial charge is 0.234 e. The number of carbonyl (C=O) groups excluding carboxylic acids is 1. The van der Waals surface area contributed by atoms with Gasteiger partial charge in [0.25, 0.3) is 0 Å². The predicted octanol–water partition coefficient (Wildman–Crippen LogP) is 3.96. The molecule has 1 aromatic carbocycles. The molecule has 0 saturated heterocycles. The standard InChI is InChI=1S/C23H28N2O2/c1-27-16-15-25(17-19-9-13-24-14-10-19)21(26)23(20-7-3-2-4-8-20)18-22(23)11-5-6-12-22/h2-4,7-10,13-14H,5-6,11-12,15-18H2,1H3/t23-/m1/s1. The van der Waals surface area contributed by atoms with Gasteiger partial charge in [-0.25, -0.2) is 0 Å². The maximum absolute atomic E-state index is 14.0. The SMILES string of the molecule is COCCN(Cc1ccncc1)C(=O)[C@]1(c2ccccc2)CC12CCCC2. The van der Waals surface area contributed by atoms with Crippen LogP contribution in [0.15, 0.2) is 54.9 Å². The Morgan fingerprint density at radius 3 is 2.48 bits per heavy atom. The molecule has 1 heterocycles. The highest BCUT2D eigenvalue weighted by Crippen LogP contribution is 2.72. The summed E-state index contributed by atoms with van der Waals surface area (Å²) >= 11 is 0. The molecule has 2 saturated carbocycles. The van der Waals surface area contributed by atoms with E-state index >= 15 is 0 Å². The van der Waals surface area contributed by atoms with Crippen molar-refractivity contribution < 1.29 is 9.53 Å². The molecular weight excluding hydrogens is 336 g/mol. The second-order valence-corrected chi connectivity index (χ2v) is 8.01. The first-order chi connectivity index (χ1) is 13.2. The number of methoxy groups -OCH3 is 1. The normalized spacial score (nSPS) is 22.7. The molecule has 0 bridgehead atoms. The van der Waals surface area contributed by atoms with Gasteiger partial charge >= 0.3 is 0 Å². The Morgan fingerprint density at radius 1 is 1.11 bits per heavy atom. The average Bonchev–Trinajstić information content (AvgIpc) is 3.13. The fourth-order valence-electron chi connectivity index (χ4n) is 5.11. The van der Waals surface area contributed by atoms with Crippen molar-refractivity contribution in [3.63, 3.8) is 0 Å². The Morgan fingerprint density at radius 2 is 1.81 bits per heavy atom. The van der Waals surface area contributed by atoms with Gasteiger partial charge in [-0.15, -0.1) is 0 Å². The van der Waals surface area contributed by atoms with E-state index in [0.29, 0.717) is 19.7 Å². The van der Waals surface area contributed by atoms with Crippen molar-refractivity contribution in [2.24, 2.45) is 5.41 Å². The van der Waals surface area contributed by atoms with Crippen LogP contribution in [0, 0.1) is 5.41 Å². The number of nitrogens with zero attached hydrogens (tertiary/aromatic N) is 2. The molecule has 2 aliphatic carbocycles. The number of amides is 1. The number of hydrogen-bond acceptors (Lipinski definition) is 3. The maximum Gasteiger partial charge on any atom is 0.234 e. The minimum atomic E-state index is -0.356. The van der Waals surface area contributed by atoms with Crippen LogP contribution in [0.3, 0.4) is 0 Å². The summed E-state index contributed by atoms with van der Waals surface area (Å²) < 4.78 is 5.31. The molecule has 142 valence electrons. The minimum absolute atomic E-state index is 0.162. The second kappa shape index (κ2) is 7.43. The van der Waals surface area contributed by atoms with Gasteiger partial charge in [0, 0.05) is 32.6 Å². The number of benzene rings is 1. The molecule has 4 nitrogen and oxygen atoms in total. The highest BCUT2D eigenvalue weighted by atomic mass is 16.5. The van der Waals surface area contributed by atoms with Crippen molar-refractivity contribution in [1.29, 1.82) is 0 Å². The Hall–Kier alpha value is -2.20. The van der Waals surface area contributed by atoms with Crippen molar-refractivity contribution in [3.05, 3.63) is 66.0 Å². The number of ether oxygens (including phenoxy) is 1. The van der Waals surface area contributed by atoms with Gasteiger partial charge in [-0.3, -0.25) is 9.78 Å². The predicted molar refractivity (Wildman–Crippen MR) is 105 cm³/mol. The quantitative estimate of drug-likeness (QED) is 0.747. The van der Waals surface area contributed by atoms with Crippen molar-refractivity contribution in [1.82, 2.24) is 9.88 Å². The molecule has 4 rings (SSSR count). The van der Waals surface area contributed by atoms with E-state index in [0.717, 1.165) is 12.0 Å². The van der Waals surface area contributed by atoms with Crippen LogP contribution in [0.25, 0.3) is 0 Å². The highest BCUT2D eigenvalue weighted by Gasteiger charge is 2.72. The van der Waals surface area contributed by atoms with Crippen molar-refractivity contribution in [2.45, 2.75) is 44.1 Å². The van der Waals surface area contributed by atoms with E-state index in [4.69, 9.17) is 4.74 Å². The van der Waals surface area contributed by atoms with Gasteiger partial charge in [0.1, 0.15) is 0 Å². The van der Waals surface area contributed by atoms with Gasteiger partial charge in [0.05, 0.1) is 12.0 Å². The zero-order valence-corrected chi connectivity index (χ0v) is 16.1. The Bertz CT molecular complexity index is 771. The van der Waals surface area contributed by atoms with Crippen molar-refractivity contribution in [3.8, 4) is 0 Å². The largest absolute Gasteiger partial charge is 0.383 e. The van der Waals surface area contributed by atoms with Gasteiger partial charge in [-0.2, -0.15) is 0 Å². The molecule has 2 aromatic rings. The van der Waals surface area contributed by atoms with Crippen LogP contribution in [0.1, 0.15) is 43.2 Å². The van der Waals surface area contributed by atoms with Crippen LogP contribution in [-0.4, -0.2) is 36.1 Å². The first kappa shape index (κ1) is 18.2. The molecular formula is C23H28N2O2. The molecule has 1 aromatic heterocycles. The summed E-state index contributed by atoms with van der Waals surface area (Å²) in [6.45, 7) is 1.77. The van der Waals surface area contributed by atoms with Gasteiger partial charge in [0.15, 0.2) is 0 Å². The van der Waals surface area contributed by atoms with E-state index in [2.05, 4.69) is 29.2 Å². The van der Waals surface area contributed by atoms with E-state index in [9.17, 15) is 4.79 Å². The lowest BCUT2D eigenvalue weighted by atomic mass is 9.83. The molecule has 0 aliphatic heterocycles. The summed E-state index contributed by atoms with van der Waals surface area (Å²) in [5.74, 6) is 0.268. The minimum Gasteiger partial charge on any atom is -0.383 e. The van der Waals surface area contributed by atoms with Crippen LogP contribution in [0.4, 0.5) is 0 Å². The molecule has 1 atom stereocenters. The second-order valence-electron chi connectivity index (χ2n) is 8.01. The van der Waals surface area contributed by atoms with Gasteiger partial charge in [-0.05, 0) is 47.9 Å². The summed E-state index contributed by atoms with van der Waals surface area (Å²) in [5.41, 5.74) is 2.11. The number of aromatic nitrogens is 1. The fraction of sp³-hybridized carbons (Fsp3) is 0.478. The zero-order chi connectivity index (χ0) is 18.7. The Labute approximate surface area is 161 Å². The third-order valence-corrected chi connectivity index (χ3v) is 6.55. The van der Waals surface area contributed by atoms with Crippen LogP contribution in [0.2, 0.25) is 0 Å². The van der Waals surface area contributed by atoms with E-state index in [1.807, 2.05) is 23.1 Å². The van der Waals surface area contributed by atoms with E-state index < -0.39 is 0 Å². The highest BCUT2D eigenvalue weighted by molar-refractivity contribution is 5.93. The topological polar surface area (TPSA) is 42.4 Å². The van der Waals surface area contributed by atoms with Gasteiger partial charge in [0.2, 0.25) is 5.91 Å². The lowest BCUT2D eigenvalue weighted by molar-refractivity contribution is -0.136. The van der Waals surface area contributed by atoms with Gasteiger partial charge in [-0.1, -0.05) is 43.2 Å². The average molecular weight is 364 g/mol. The summed E-state index contributed by atoms with van der Waals surface area (Å²) in [6, 6.07) is 14.4. The van der Waals surface area contributed by atoms with Crippen LogP contribution >= 0.6 is 0 Å². The summed E-state index contributed by atoms with van der Waals surface area (Å²) in [4.78, 5) is 20.1. The molecule has 4 heteroatoms. The van der Waals surface area contributed by atoms with E-state index in [-0.39, 0.29) is 16.7 Å². The molecule has 2 aliphatic rings. The lowest BCUT2D eigenvalue weighted by Crippen LogP contribution is -2.43.